The lowest BCUT2D eigenvalue weighted by molar-refractivity contribution is -0.119. The fourth-order valence-corrected chi connectivity index (χ4v) is 3.56. The minimum atomic E-state index is -0.205. The van der Waals surface area contributed by atoms with Crippen LogP contribution < -0.4 is 16.0 Å². The Labute approximate surface area is 163 Å². The van der Waals surface area contributed by atoms with Crippen LogP contribution in [0.3, 0.4) is 0 Å². The van der Waals surface area contributed by atoms with E-state index in [1.54, 1.807) is 0 Å². The quantitative estimate of drug-likeness (QED) is 0.416. The standard InChI is InChI=1S/C21H35N5O/c1-4-23-21(26-14-6-8-18(16-26)15-20(22)27)24-13-5-7-17-9-11-19(12-10-17)25(2)3/h9-12,18H,4-8,13-16H2,1-3H3,(H2,22,27)(H,23,24). The second-order valence-electron chi connectivity index (χ2n) is 7.52. The molecule has 1 heterocycles. The van der Waals surface area contributed by atoms with Gasteiger partial charge in [-0.05, 0) is 56.2 Å². The molecule has 2 rings (SSSR count). The number of nitrogens with two attached hydrogens (primary N) is 1. The monoisotopic (exact) mass is 373 g/mol. The molecule has 0 spiro atoms. The van der Waals surface area contributed by atoms with Gasteiger partial charge in [0.2, 0.25) is 5.91 Å². The van der Waals surface area contributed by atoms with Crippen molar-refractivity contribution in [1.82, 2.24) is 10.2 Å². The third-order valence-electron chi connectivity index (χ3n) is 4.98. The van der Waals surface area contributed by atoms with Crippen molar-refractivity contribution in [1.29, 1.82) is 0 Å². The summed E-state index contributed by atoms with van der Waals surface area (Å²) >= 11 is 0. The molecule has 1 aliphatic rings. The maximum absolute atomic E-state index is 11.2. The van der Waals surface area contributed by atoms with Crippen molar-refractivity contribution in [2.24, 2.45) is 16.6 Å². The first kappa shape index (κ1) is 21.1. The van der Waals surface area contributed by atoms with Crippen LogP contribution >= 0.6 is 0 Å². The minimum absolute atomic E-state index is 0.205. The first-order valence-corrected chi connectivity index (χ1v) is 10.1. The van der Waals surface area contributed by atoms with Gasteiger partial charge in [-0.1, -0.05) is 12.1 Å². The number of piperidine rings is 1. The third kappa shape index (κ3) is 7.12. The SMILES string of the molecule is CCNC(=NCCCc1ccc(N(C)C)cc1)N1CCCC(CC(N)=O)C1. The molecule has 1 unspecified atom stereocenters. The van der Waals surface area contributed by atoms with Gasteiger partial charge in [-0.3, -0.25) is 9.79 Å². The summed E-state index contributed by atoms with van der Waals surface area (Å²) in [6.07, 6.45) is 4.68. The molecule has 150 valence electrons. The number of hydrogen-bond acceptors (Lipinski definition) is 3. The molecule has 1 aromatic rings. The molecule has 1 amide bonds. The molecule has 1 atom stereocenters. The van der Waals surface area contributed by atoms with E-state index in [2.05, 4.69) is 60.4 Å². The van der Waals surface area contributed by atoms with Crippen LogP contribution in [0.4, 0.5) is 5.69 Å². The van der Waals surface area contributed by atoms with E-state index >= 15 is 0 Å². The highest BCUT2D eigenvalue weighted by molar-refractivity contribution is 5.80. The number of nitrogens with one attached hydrogen (secondary N) is 1. The summed E-state index contributed by atoms with van der Waals surface area (Å²) < 4.78 is 0. The number of hydrogen-bond donors (Lipinski definition) is 2. The lowest BCUT2D eigenvalue weighted by Crippen LogP contribution is -2.47. The van der Waals surface area contributed by atoms with Gasteiger partial charge >= 0.3 is 0 Å². The molecule has 6 nitrogen and oxygen atoms in total. The number of benzene rings is 1. The average molecular weight is 374 g/mol. The number of carbonyl (C=O) groups excluding carboxylic acids is 1. The first-order chi connectivity index (χ1) is 13.0. The lowest BCUT2D eigenvalue weighted by atomic mass is 9.95. The Bertz CT molecular complexity index is 612. The highest BCUT2D eigenvalue weighted by atomic mass is 16.1. The summed E-state index contributed by atoms with van der Waals surface area (Å²) in [5, 5.41) is 3.40. The van der Waals surface area contributed by atoms with Crippen molar-refractivity contribution in [3.8, 4) is 0 Å². The predicted octanol–water partition coefficient (Wildman–Crippen LogP) is 2.24. The third-order valence-corrected chi connectivity index (χ3v) is 4.98. The number of amides is 1. The molecule has 1 aliphatic heterocycles. The molecular formula is C21H35N5O. The predicted molar refractivity (Wildman–Crippen MR) is 113 cm³/mol. The zero-order chi connectivity index (χ0) is 19.6. The molecule has 1 saturated heterocycles. The summed E-state index contributed by atoms with van der Waals surface area (Å²) in [7, 11) is 4.11. The number of guanidine groups is 1. The van der Waals surface area contributed by atoms with Crippen molar-refractivity contribution < 1.29 is 4.79 Å². The van der Waals surface area contributed by atoms with Gasteiger partial charge in [0.25, 0.3) is 0 Å². The summed E-state index contributed by atoms with van der Waals surface area (Å²) in [6.45, 7) is 5.59. The second-order valence-corrected chi connectivity index (χ2v) is 7.52. The molecule has 0 bridgehead atoms. The van der Waals surface area contributed by atoms with Gasteiger partial charge in [-0.25, -0.2) is 0 Å². The molecule has 0 aliphatic carbocycles. The van der Waals surface area contributed by atoms with Gasteiger partial charge in [-0.15, -0.1) is 0 Å². The van der Waals surface area contributed by atoms with Crippen LogP contribution in [0, 0.1) is 5.92 Å². The normalized spacial score (nSPS) is 17.7. The summed E-state index contributed by atoms with van der Waals surface area (Å²) in [5.74, 6) is 1.11. The minimum Gasteiger partial charge on any atom is -0.378 e. The largest absolute Gasteiger partial charge is 0.378 e. The molecule has 3 N–H and O–H groups in total. The fourth-order valence-electron chi connectivity index (χ4n) is 3.56. The Morgan fingerprint density at radius 3 is 2.70 bits per heavy atom. The Balaban J connectivity index is 1.86. The molecule has 1 fully saturated rings. The number of primary amides is 1. The van der Waals surface area contributed by atoms with Crippen molar-refractivity contribution in [2.75, 3.05) is 45.2 Å². The maximum Gasteiger partial charge on any atom is 0.217 e. The zero-order valence-electron chi connectivity index (χ0n) is 17.1. The number of rotatable bonds is 8. The van der Waals surface area contributed by atoms with Gasteiger partial charge < -0.3 is 20.9 Å². The molecule has 27 heavy (non-hydrogen) atoms. The number of aryl methyl sites for hydroxylation is 1. The van der Waals surface area contributed by atoms with Crippen LogP contribution in [0.25, 0.3) is 0 Å². The van der Waals surface area contributed by atoms with Gasteiger partial charge in [0.05, 0.1) is 0 Å². The van der Waals surface area contributed by atoms with Gasteiger partial charge in [-0.2, -0.15) is 0 Å². The molecular weight excluding hydrogens is 338 g/mol. The van der Waals surface area contributed by atoms with Crippen molar-refractivity contribution in [3.63, 3.8) is 0 Å². The topological polar surface area (TPSA) is 74.0 Å². The fraction of sp³-hybridized carbons (Fsp3) is 0.619. The van der Waals surface area contributed by atoms with Crippen LogP contribution in [-0.2, 0) is 11.2 Å². The van der Waals surface area contributed by atoms with E-state index in [4.69, 9.17) is 10.7 Å². The Kier molecular flexibility index (Phi) is 8.43. The number of likely N-dealkylation sites (tertiary alicyclic amines) is 1. The summed E-state index contributed by atoms with van der Waals surface area (Å²) in [5.41, 5.74) is 7.95. The van der Waals surface area contributed by atoms with E-state index < -0.39 is 0 Å². The smallest absolute Gasteiger partial charge is 0.217 e. The van der Waals surface area contributed by atoms with E-state index in [1.807, 2.05) is 0 Å². The highest BCUT2D eigenvalue weighted by Crippen LogP contribution is 2.19. The first-order valence-electron chi connectivity index (χ1n) is 10.1. The molecule has 0 aromatic heterocycles. The van der Waals surface area contributed by atoms with Crippen molar-refractivity contribution in [2.45, 2.75) is 39.0 Å². The van der Waals surface area contributed by atoms with E-state index in [0.29, 0.717) is 12.3 Å². The average Bonchev–Trinajstić information content (AvgIpc) is 2.64. The second kappa shape index (κ2) is 10.8. The Morgan fingerprint density at radius 2 is 2.07 bits per heavy atom. The lowest BCUT2D eigenvalue weighted by Gasteiger charge is -2.34. The van der Waals surface area contributed by atoms with Crippen LogP contribution in [0.5, 0.6) is 0 Å². The number of aliphatic imine (C=N–C) groups is 1. The number of anilines is 1. The molecule has 0 radical (unpaired) electrons. The van der Waals surface area contributed by atoms with Crippen molar-refractivity contribution in [3.05, 3.63) is 29.8 Å². The molecule has 1 aromatic carbocycles. The molecule has 6 heteroatoms. The van der Waals surface area contributed by atoms with E-state index in [1.165, 1.54) is 11.3 Å². The van der Waals surface area contributed by atoms with Crippen LogP contribution in [0.15, 0.2) is 29.3 Å². The van der Waals surface area contributed by atoms with Gasteiger partial charge in [0.1, 0.15) is 0 Å². The summed E-state index contributed by atoms with van der Waals surface area (Å²) in [4.78, 5) is 20.4. The number of nitrogens with zero attached hydrogens (tertiary/aromatic N) is 3. The zero-order valence-corrected chi connectivity index (χ0v) is 17.1. The Morgan fingerprint density at radius 1 is 1.33 bits per heavy atom. The van der Waals surface area contributed by atoms with E-state index in [9.17, 15) is 4.79 Å². The maximum atomic E-state index is 11.2. The van der Waals surface area contributed by atoms with E-state index in [0.717, 1.165) is 57.8 Å². The van der Waals surface area contributed by atoms with Gasteiger partial charge in [0, 0.05) is 52.4 Å². The molecule has 0 saturated carbocycles. The Hall–Kier alpha value is -2.24. The van der Waals surface area contributed by atoms with Crippen LogP contribution in [-0.4, -0.2) is 57.0 Å². The highest BCUT2D eigenvalue weighted by Gasteiger charge is 2.23. The van der Waals surface area contributed by atoms with Gasteiger partial charge in [0.15, 0.2) is 5.96 Å². The summed E-state index contributed by atoms with van der Waals surface area (Å²) in [6, 6.07) is 8.72. The van der Waals surface area contributed by atoms with Crippen LogP contribution in [0.2, 0.25) is 0 Å². The number of carbonyl (C=O) groups is 1. The van der Waals surface area contributed by atoms with E-state index in [-0.39, 0.29) is 5.91 Å². The van der Waals surface area contributed by atoms with Crippen LogP contribution in [0.1, 0.15) is 38.2 Å². The van der Waals surface area contributed by atoms with Crippen molar-refractivity contribution >= 4 is 17.6 Å².